The van der Waals surface area contributed by atoms with Crippen LogP contribution in [0.4, 0.5) is 0 Å². The van der Waals surface area contributed by atoms with Crippen LogP contribution in [-0.2, 0) is 11.2 Å². The van der Waals surface area contributed by atoms with E-state index in [1.165, 1.54) is 0 Å². The third-order valence-electron chi connectivity index (χ3n) is 3.42. The Morgan fingerprint density at radius 1 is 1.24 bits per heavy atom. The number of unbranched alkanes of at least 4 members (excludes halogenated alkanes) is 1. The van der Waals surface area contributed by atoms with Crippen molar-refractivity contribution < 1.29 is 4.79 Å². The zero-order valence-corrected chi connectivity index (χ0v) is 13.5. The van der Waals surface area contributed by atoms with E-state index in [1.807, 2.05) is 47.5 Å². The van der Waals surface area contributed by atoms with Crippen molar-refractivity contribution in [2.45, 2.75) is 33.1 Å². The quantitative estimate of drug-likeness (QED) is 0.774. The largest absolute Gasteiger partial charge is 0.343 e. The van der Waals surface area contributed by atoms with Gasteiger partial charge >= 0.3 is 0 Å². The lowest BCUT2D eigenvalue weighted by molar-refractivity contribution is -0.130. The lowest BCUT2D eigenvalue weighted by Crippen LogP contribution is -2.33. The normalized spacial score (nSPS) is 10.6. The molecule has 0 unspecified atom stereocenters. The highest BCUT2D eigenvalue weighted by atomic mass is 32.1. The zero-order chi connectivity index (χ0) is 15.1. The van der Waals surface area contributed by atoms with Crippen molar-refractivity contribution in [3.05, 3.63) is 41.4 Å². The second-order valence-corrected chi connectivity index (χ2v) is 5.87. The van der Waals surface area contributed by atoms with Crippen LogP contribution in [0.2, 0.25) is 0 Å². The fourth-order valence-electron chi connectivity index (χ4n) is 2.18. The first-order valence-electron chi connectivity index (χ1n) is 7.52. The third-order valence-corrected chi connectivity index (χ3v) is 4.36. The minimum absolute atomic E-state index is 0.177. The van der Waals surface area contributed by atoms with Crippen molar-refractivity contribution >= 4 is 17.2 Å². The predicted octanol–water partition coefficient (Wildman–Crippen LogP) is 4.00. The monoisotopic (exact) mass is 302 g/mol. The Kier molecular flexibility index (Phi) is 5.93. The van der Waals surface area contributed by atoms with Gasteiger partial charge in [-0.05, 0) is 13.3 Å². The molecule has 0 saturated heterocycles. The van der Waals surface area contributed by atoms with Gasteiger partial charge in [0, 0.05) is 24.0 Å². The van der Waals surface area contributed by atoms with Crippen LogP contribution in [0.5, 0.6) is 0 Å². The van der Waals surface area contributed by atoms with Crippen molar-refractivity contribution in [1.29, 1.82) is 0 Å². The van der Waals surface area contributed by atoms with Crippen LogP contribution in [-0.4, -0.2) is 28.9 Å². The molecule has 0 fully saturated rings. The van der Waals surface area contributed by atoms with Crippen LogP contribution >= 0.6 is 11.3 Å². The van der Waals surface area contributed by atoms with Gasteiger partial charge < -0.3 is 4.90 Å². The summed E-state index contributed by atoms with van der Waals surface area (Å²) in [5, 5.41) is 2.98. The van der Waals surface area contributed by atoms with Gasteiger partial charge in [-0.3, -0.25) is 4.79 Å². The minimum atomic E-state index is 0.177. The summed E-state index contributed by atoms with van der Waals surface area (Å²) in [6, 6.07) is 10.1. The van der Waals surface area contributed by atoms with Crippen molar-refractivity contribution in [2.24, 2.45) is 0 Å². The molecular formula is C17H22N2OS. The molecule has 0 aliphatic carbocycles. The molecule has 3 nitrogen and oxygen atoms in total. The van der Waals surface area contributed by atoms with Crippen molar-refractivity contribution in [3.8, 4) is 10.6 Å². The molecule has 1 heterocycles. The fraction of sp³-hybridized carbons (Fsp3) is 0.412. The Morgan fingerprint density at radius 3 is 2.67 bits per heavy atom. The summed E-state index contributed by atoms with van der Waals surface area (Å²) in [5.41, 5.74) is 1.98. The Hall–Kier alpha value is -1.68. The van der Waals surface area contributed by atoms with Crippen LogP contribution < -0.4 is 0 Å². The van der Waals surface area contributed by atoms with Crippen LogP contribution in [0.25, 0.3) is 10.6 Å². The molecule has 0 N–H and O–H groups in total. The summed E-state index contributed by atoms with van der Waals surface area (Å²) in [4.78, 5) is 18.8. The number of nitrogens with zero attached hydrogens (tertiary/aromatic N) is 2. The van der Waals surface area contributed by atoms with Gasteiger partial charge in [0.1, 0.15) is 5.01 Å². The number of hydrogen-bond donors (Lipinski definition) is 0. The SMILES string of the molecule is CCCCN(CC)C(=O)Cc1csc(-c2ccccc2)n1. The Balaban J connectivity index is 2.00. The molecular weight excluding hydrogens is 280 g/mol. The molecule has 21 heavy (non-hydrogen) atoms. The first kappa shape index (κ1) is 15.7. The molecule has 1 aromatic carbocycles. The van der Waals surface area contributed by atoms with Gasteiger partial charge in [0.05, 0.1) is 12.1 Å². The van der Waals surface area contributed by atoms with E-state index in [2.05, 4.69) is 11.9 Å². The number of amides is 1. The number of hydrogen-bond acceptors (Lipinski definition) is 3. The third kappa shape index (κ3) is 4.39. The molecule has 1 amide bonds. The van der Waals surface area contributed by atoms with Gasteiger partial charge in [-0.1, -0.05) is 43.7 Å². The van der Waals surface area contributed by atoms with E-state index in [4.69, 9.17) is 0 Å². The van der Waals surface area contributed by atoms with E-state index in [1.54, 1.807) is 11.3 Å². The summed E-state index contributed by atoms with van der Waals surface area (Å²) in [6.45, 7) is 5.80. The van der Waals surface area contributed by atoms with Crippen molar-refractivity contribution in [1.82, 2.24) is 9.88 Å². The topological polar surface area (TPSA) is 33.2 Å². The van der Waals surface area contributed by atoms with Crippen LogP contribution in [0.1, 0.15) is 32.4 Å². The Bertz CT molecular complexity index is 565. The smallest absolute Gasteiger partial charge is 0.228 e. The van der Waals surface area contributed by atoms with E-state index >= 15 is 0 Å². The van der Waals surface area contributed by atoms with Crippen LogP contribution in [0.3, 0.4) is 0 Å². The number of thiazole rings is 1. The molecule has 2 rings (SSSR count). The zero-order valence-electron chi connectivity index (χ0n) is 12.7. The van der Waals surface area contributed by atoms with Gasteiger partial charge in [-0.15, -0.1) is 11.3 Å². The molecule has 1 aromatic heterocycles. The maximum atomic E-state index is 12.3. The minimum Gasteiger partial charge on any atom is -0.343 e. The Morgan fingerprint density at radius 2 is 2.00 bits per heavy atom. The maximum absolute atomic E-state index is 12.3. The molecule has 0 atom stereocenters. The highest BCUT2D eigenvalue weighted by Crippen LogP contribution is 2.23. The van der Waals surface area contributed by atoms with Crippen LogP contribution in [0, 0.1) is 0 Å². The van der Waals surface area contributed by atoms with E-state index < -0.39 is 0 Å². The van der Waals surface area contributed by atoms with E-state index in [9.17, 15) is 4.79 Å². The van der Waals surface area contributed by atoms with Crippen molar-refractivity contribution in [3.63, 3.8) is 0 Å². The summed E-state index contributed by atoms with van der Waals surface area (Å²) < 4.78 is 0. The molecule has 0 aliphatic heterocycles. The number of benzene rings is 1. The van der Waals surface area contributed by atoms with Gasteiger partial charge in [-0.25, -0.2) is 4.98 Å². The maximum Gasteiger partial charge on any atom is 0.228 e. The molecule has 112 valence electrons. The second-order valence-electron chi connectivity index (χ2n) is 5.01. The molecule has 0 aliphatic rings. The molecule has 0 spiro atoms. The first-order chi connectivity index (χ1) is 10.2. The van der Waals surface area contributed by atoms with Crippen molar-refractivity contribution in [2.75, 3.05) is 13.1 Å². The van der Waals surface area contributed by atoms with E-state index in [-0.39, 0.29) is 5.91 Å². The average molecular weight is 302 g/mol. The molecule has 2 aromatic rings. The number of likely N-dealkylation sites (N-methyl/N-ethyl adjacent to an activating group) is 1. The van der Waals surface area contributed by atoms with Gasteiger partial charge in [0.2, 0.25) is 5.91 Å². The molecule has 4 heteroatoms. The predicted molar refractivity (Wildman–Crippen MR) is 88.4 cm³/mol. The van der Waals surface area contributed by atoms with Gasteiger partial charge in [0.15, 0.2) is 0 Å². The average Bonchev–Trinajstić information content (AvgIpc) is 2.97. The van der Waals surface area contributed by atoms with Gasteiger partial charge in [-0.2, -0.15) is 0 Å². The summed E-state index contributed by atoms with van der Waals surface area (Å²) in [5.74, 6) is 0.177. The number of rotatable bonds is 7. The van der Waals surface area contributed by atoms with E-state index in [0.717, 1.165) is 42.2 Å². The molecule has 0 saturated carbocycles. The number of carbonyl (C=O) groups is 1. The fourth-order valence-corrected chi connectivity index (χ4v) is 3.00. The standard InChI is InChI=1S/C17H22N2OS/c1-3-5-11-19(4-2)16(20)12-15-13-21-17(18-15)14-9-7-6-8-10-14/h6-10,13H,3-5,11-12H2,1-2H3. The summed E-state index contributed by atoms with van der Waals surface area (Å²) in [6.07, 6.45) is 2.57. The van der Waals surface area contributed by atoms with Crippen LogP contribution in [0.15, 0.2) is 35.7 Å². The highest BCUT2D eigenvalue weighted by Gasteiger charge is 2.14. The lowest BCUT2D eigenvalue weighted by atomic mass is 10.2. The van der Waals surface area contributed by atoms with E-state index in [0.29, 0.717) is 6.42 Å². The second kappa shape index (κ2) is 7.93. The highest BCUT2D eigenvalue weighted by molar-refractivity contribution is 7.13. The summed E-state index contributed by atoms with van der Waals surface area (Å²) in [7, 11) is 0. The molecule has 0 bridgehead atoms. The Labute approximate surface area is 130 Å². The summed E-state index contributed by atoms with van der Waals surface area (Å²) >= 11 is 1.60. The molecule has 0 radical (unpaired) electrons. The van der Waals surface area contributed by atoms with Gasteiger partial charge in [0.25, 0.3) is 0 Å². The lowest BCUT2D eigenvalue weighted by Gasteiger charge is -2.20. The number of carbonyl (C=O) groups excluding carboxylic acids is 1. The first-order valence-corrected chi connectivity index (χ1v) is 8.40. The number of aromatic nitrogens is 1.